The van der Waals surface area contributed by atoms with Gasteiger partial charge in [-0.25, -0.2) is 9.18 Å². The number of carbonyl (C=O) groups is 1. The van der Waals surface area contributed by atoms with Crippen LogP contribution in [0.25, 0.3) is 0 Å². The first-order valence-electron chi connectivity index (χ1n) is 6.82. The molecule has 2 rings (SSSR count). The van der Waals surface area contributed by atoms with Crippen molar-refractivity contribution in [2.24, 2.45) is 0 Å². The number of fused-ring (bicyclic) bond motifs is 1. The first-order valence-corrected chi connectivity index (χ1v) is 6.82. The summed E-state index contributed by atoms with van der Waals surface area (Å²) < 4.78 is 12.0. The highest BCUT2D eigenvalue weighted by atomic mass is 19.1. The van der Waals surface area contributed by atoms with Crippen molar-refractivity contribution in [3.8, 4) is 0 Å². The molecule has 4 heteroatoms. The molecule has 0 heterocycles. The molecule has 0 fully saturated rings. The molecule has 104 valence electrons. The summed E-state index contributed by atoms with van der Waals surface area (Å²) in [6, 6.07) is 4.10. The fourth-order valence-electron chi connectivity index (χ4n) is 2.84. The largest absolute Gasteiger partial charge is 0.336 e. The van der Waals surface area contributed by atoms with Crippen LogP contribution in [0.1, 0.15) is 41.1 Å². The Morgan fingerprint density at radius 2 is 2.21 bits per heavy atom. The molecule has 0 radical (unpaired) electrons. The molecular weight excluding hydrogens is 243 g/mol. The van der Waals surface area contributed by atoms with Gasteiger partial charge in [0.2, 0.25) is 0 Å². The third-order valence-electron chi connectivity index (χ3n) is 3.63. The third-order valence-corrected chi connectivity index (χ3v) is 3.63. The Balaban J connectivity index is 2.15. The third kappa shape index (κ3) is 3.25. The smallest absolute Gasteiger partial charge is 0.315 e. The summed E-state index contributed by atoms with van der Waals surface area (Å²) in [6.07, 6.45) is 3.09. The van der Waals surface area contributed by atoms with E-state index in [9.17, 15) is 9.18 Å². The maximum Gasteiger partial charge on any atom is 0.315 e. The number of hydrogen-bond acceptors (Lipinski definition) is 1. The summed E-state index contributed by atoms with van der Waals surface area (Å²) in [6.45, 7) is 3.73. The fraction of sp³-hybridized carbons (Fsp3) is 0.533. The summed E-state index contributed by atoms with van der Waals surface area (Å²) in [4.78, 5) is 11.7. The van der Waals surface area contributed by atoms with Gasteiger partial charge in [0.15, 0.2) is 0 Å². The molecule has 0 spiro atoms. The minimum atomic E-state index is -0.535. The van der Waals surface area contributed by atoms with Crippen LogP contribution in [0.15, 0.2) is 12.1 Å². The van der Waals surface area contributed by atoms with Crippen LogP contribution in [-0.4, -0.2) is 19.3 Å². The van der Waals surface area contributed by atoms with Gasteiger partial charge in [0, 0.05) is 6.54 Å². The molecule has 0 aromatic heterocycles. The molecule has 0 bridgehead atoms. The van der Waals surface area contributed by atoms with Crippen molar-refractivity contribution in [2.45, 2.75) is 39.2 Å². The van der Waals surface area contributed by atoms with Gasteiger partial charge in [0.25, 0.3) is 0 Å². The summed E-state index contributed by atoms with van der Waals surface area (Å²) in [5.41, 5.74) is 5.09. The molecule has 3 nitrogen and oxygen atoms in total. The molecule has 0 saturated carbocycles. The van der Waals surface area contributed by atoms with E-state index in [2.05, 4.69) is 36.6 Å². The van der Waals surface area contributed by atoms with Gasteiger partial charge >= 0.3 is 6.03 Å². The number of rotatable bonds is 3. The predicted octanol–water partition coefficient (Wildman–Crippen LogP) is 2.95. The van der Waals surface area contributed by atoms with E-state index in [1.807, 2.05) is 0 Å². The second-order valence-electron chi connectivity index (χ2n) is 5.18. The monoisotopic (exact) mass is 264 g/mol. The van der Waals surface area contributed by atoms with E-state index in [0.717, 1.165) is 19.3 Å². The zero-order chi connectivity index (χ0) is 13.8. The van der Waals surface area contributed by atoms with Crippen molar-refractivity contribution in [2.75, 3.05) is 13.2 Å². The van der Waals surface area contributed by atoms with Gasteiger partial charge in [0.05, 0.1) is 6.04 Å². The number of urea groups is 1. The molecule has 1 aromatic rings. The average Bonchev–Trinajstić information content (AvgIpc) is 2.37. The number of alkyl halides is 1. The minimum Gasteiger partial charge on any atom is -0.336 e. The summed E-state index contributed by atoms with van der Waals surface area (Å²) in [5.74, 6) is 0. The van der Waals surface area contributed by atoms with Crippen LogP contribution in [0.4, 0.5) is 9.18 Å². The molecule has 1 aliphatic carbocycles. The van der Waals surface area contributed by atoms with Crippen molar-refractivity contribution in [1.29, 1.82) is 0 Å². The SMILES string of the molecule is Cc1cc(C)c2c(c1)C(NC(=O)NCCF)CCC2. The maximum absolute atomic E-state index is 12.0. The predicted molar refractivity (Wildman–Crippen MR) is 74.1 cm³/mol. The number of aryl methyl sites for hydroxylation is 2. The molecule has 0 aliphatic heterocycles. The van der Waals surface area contributed by atoms with E-state index >= 15 is 0 Å². The Kier molecular flexibility index (Phi) is 4.40. The Labute approximate surface area is 113 Å². The van der Waals surface area contributed by atoms with Crippen molar-refractivity contribution in [3.63, 3.8) is 0 Å². The number of benzene rings is 1. The van der Waals surface area contributed by atoms with Gasteiger partial charge < -0.3 is 10.6 Å². The average molecular weight is 264 g/mol. The first-order chi connectivity index (χ1) is 9.11. The van der Waals surface area contributed by atoms with Crippen molar-refractivity contribution in [1.82, 2.24) is 10.6 Å². The van der Waals surface area contributed by atoms with Crippen LogP contribution in [0, 0.1) is 13.8 Å². The highest BCUT2D eigenvalue weighted by molar-refractivity contribution is 5.74. The molecule has 1 aliphatic rings. The van der Waals surface area contributed by atoms with E-state index in [0.29, 0.717) is 0 Å². The Morgan fingerprint density at radius 3 is 2.95 bits per heavy atom. The quantitative estimate of drug-likeness (QED) is 0.866. The maximum atomic E-state index is 12.0. The number of amides is 2. The van der Waals surface area contributed by atoms with Crippen LogP contribution in [0.2, 0.25) is 0 Å². The summed E-state index contributed by atoms with van der Waals surface area (Å²) >= 11 is 0. The molecule has 2 amide bonds. The Bertz CT molecular complexity index is 473. The molecule has 2 N–H and O–H groups in total. The molecule has 1 atom stereocenters. The van der Waals surface area contributed by atoms with Crippen molar-refractivity contribution in [3.05, 3.63) is 34.4 Å². The molecular formula is C15H21FN2O. The van der Waals surface area contributed by atoms with E-state index < -0.39 is 6.67 Å². The number of hydrogen-bond donors (Lipinski definition) is 2. The fourth-order valence-corrected chi connectivity index (χ4v) is 2.84. The minimum absolute atomic E-state index is 0.0435. The standard InChI is InChI=1S/C15H21FN2O/c1-10-8-11(2)12-4-3-5-14(13(12)9-10)18-15(19)17-7-6-16/h8-9,14H,3-7H2,1-2H3,(H2,17,18,19). The molecule has 1 aromatic carbocycles. The number of halogens is 1. The van der Waals surface area contributed by atoms with Crippen LogP contribution in [0.5, 0.6) is 0 Å². The first kappa shape index (κ1) is 13.8. The lowest BCUT2D eigenvalue weighted by molar-refractivity contribution is 0.234. The zero-order valence-corrected chi connectivity index (χ0v) is 11.6. The van der Waals surface area contributed by atoms with Gasteiger partial charge in [-0.15, -0.1) is 0 Å². The van der Waals surface area contributed by atoms with E-state index in [1.54, 1.807) is 0 Å². The summed E-state index contributed by atoms with van der Waals surface area (Å²) in [5, 5.41) is 5.46. The number of carbonyl (C=O) groups excluding carboxylic acids is 1. The van der Waals surface area contributed by atoms with Gasteiger partial charge in [0.1, 0.15) is 6.67 Å². The normalized spacial score (nSPS) is 17.7. The summed E-state index contributed by atoms with van der Waals surface area (Å²) in [7, 11) is 0. The second-order valence-corrected chi connectivity index (χ2v) is 5.18. The van der Waals surface area contributed by atoms with Crippen LogP contribution in [0.3, 0.4) is 0 Å². The lowest BCUT2D eigenvalue weighted by atomic mass is 9.84. The molecule has 0 saturated heterocycles. The highest BCUT2D eigenvalue weighted by Crippen LogP contribution is 2.32. The van der Waals surface area contributed by atoms with Crippen molar-refractivity contribution < 1.29 is 9.18 Å². The van der Waals surface area contributed by atoms with Gasteiger partial charge in [-0.05, 0) is 49.8 Å². The van der Waals surface area contributed by atoms with Crippen LogP contribution < -0.4 is 10.6 Å². The molecule has 1 unspecified atom stereocenters. The highest BCUT2D eigenvalue weighted by Gasteiger charge is 2.23. The van der Waals surface area contributed by atoms with Crippen LogP contribution in [-0.2, 0) is 6.42 Å². The van der Waals surface area contributed by atoms with Crippen LogP contribution >= 0.6 is 0 Å². The van der Waals surface area contributed by atoms with Gasteiger partial charge in [-0.3, -0.25) is 0 Å². The Hall–Kier alpha value is -1.58. The zero-order valence-electron chi connectivity index (χ0n) is 11.6. The van der Waals surface area contributed by atoms with E-state index in [1.165, 1.54) is 22.3 Å². The topological polar surface area (TPSA) is 41.1 Å². The van der Waals surface area contributed by atoms with E-state index in [4.69, 9.17) is 0 Å². The Morgan fingerprint density at radius 1 is 1.42 bits per heavy atom. The molecule has 19 heavy (non-hydrogen) atoms. The number of nitrogens with one attached hydrogen (secondary N) is 2. The lowest BCUT2D eigenvalue weighted by Crippen LogP contribution is -2.40. The van der Waals surface area contributed by atoms with Crippen molar-refractivity contribution >= 4 is 6.03 Å². The lowest BCUT2D eigenvalue weighted by Gasteiger charge is -2.28. The van der Waals surface area contributed by atoms with E-state index in [-0.39, 0.29) is 18.6 Å². The van der Waals surface area contributed by atoms with Gasteiger partial charge in [-0.2, -0.15) is 0 Å². The second kappa shape index (κ2) is 6.04. The van der Waals surface area contributed by atoms with Gasteiger partial charge in [-0.1, -0.05) is 17.7 Å².